The first kappa shape index (κ1) is 28.1. The maximum atomic E-state index is 13.5. The van der Waals surface area contributed by atoms with Gasteiger partial charge in [0.2, 0.25) is 15.9 Å². The van der Waals surface area contributed by atoms with Gasteiger partial charge in [-0.05, 0) is 55.5 Å². The number of para-hydroxylation sites is 1. The Kier molecular flexibility index (Phi) is 7.95. The average Bonchev–Trinajstić information content (AvgIpc) is 3.61. The van der Waals surface area contributed by atoms with E-state index in [1.54, 1.807) is 19.1 Å². The molecular weight excluding hydrogens is 585 g/mol. The summed E-state index contributed by atoms with van der Waals surface area (Å²) in [6, 6.07) is 18.4. The van der Waals surface area contributed by atoms with E-state index in [1.807, 2.05) is 24.3 Å². The van der Waals surface area contributed by atoms with Crippen molar-refractivity contribution in [2.75, 3.05) is 16.4 Å². The molecule has 0 saturated heterocycles. The number of nitriles is 1. The van der Waals surface area contributed by atoms with E-state index in [4.69, 9.17) is 9.56 Å². The van der Waals surface area contributed by atoms with E-state index in [0.29, 0.717) is 27.3 Å². The third-order valence-corrected chi connectivity index (χ3v) is 8.95. The second kappa shape index (κ2) is 11.6. The summed E-state index contributed by atoms with van der Waals surface area (Å²) in [6.45, 7) is 1.69. The van der Waals surface area contributed by atoms with Crippen LogP contribution in [-0.2, 0) is 19.6 Å². The number of nitrogens with zero attached hydrogens (tertiary/aromatic N) is 2. The summed E-state index contributed by atoms with van der Waals surface area (Å²) >= 11 is 2.49. The van der Waals surface area contributed by atoms with Crippen LogP contribution in [0.2, 0.25) is 0 Å². The molecule has 0 radical (unpaired) electrons. The SMILES string of the molecule is CC1=C(C(=O)Nc2ccc(S(N)(=O)=O)cc2)[C@@H](c2ccco2)C(C#N)=C(SCC(=O)Nc2nc3ccccc3s2)N1. The first-order valence-electron chi connectivity index (χ1n) is 12.0. The highest BCUT2D eigenvalue weighted by Crippen LogP contribution is 2.41. The van der Waals surface area contributed by atoms with Crippen molar-refractivity contribution in [1.82, 2.24) is 10.3 Å². The molecule has 0 bridgehead atoms. The van der Waals surface area contributed by atoms with E-state index in [1.165, 1.54) is 41.9 Å². The maximum Gasteiger partial charge on any atom is 0.254 e. The monoisotopic (exact) mass is 606 g/mol. The smallest absolute Gasteiger partial charge is 0.254 e. The number of aromatic nitrogens is 1. The van der Waals surface area contributed by atoms with Crippen molar-refractivity contribution < 1.29 is 22.4 Å². The average molecular weight is 607 g/mol. The predicted octanol–water partition coefficient (Wildman–Crippen LogP) is 4.24. The minimum Gasteiger partial charge on any atom is -0.468 e. The summed E-state index contributed by atoms with van der Waals surface area (Å²) in [6.07, 6.45) is 1.45. The fourth-order valence-electron chi connectivity index (χ4n) is 4.21. The van der Waals surface area contributed by atoms with Crippen LogP contribution in [0.1, 0.15) is 18.6 Å². The highest BCUT2D eigenvalue weighted by molar-refractivity contribution is 8.03. The van der Waals surface area contributed by atoms with Crippen LogP contribution in [0.25, 0.3) is 10.2 Å². The summed E-state index contributed by atoms with van der Waals surface area (Å²) < 4.78 is 29.7. The number of rotatable bonds is 8. The van der Waals surface area contributed by atoms with Crippen LogP contribution in [0.15, 0.2) is 98.1 Å². The standard InChI is InChI=1S/C27H22N6O5S3/c1-15-23(25(35)31-16-8-10-17(11-9-16)41(29,36)37)24(20-6-4-12-38-20)18(13-28)26(30-15)39-14-22(34)33-27-32-19-5-2-3-7-21(19)40-27/h2-12,24,30H,14H2,1H3,(H,31,35)(H2,29,36,37)(H,32,33,34)/t24-/m1/s1. The van der Waals surface area contributed by atoms with Gasteiger partial charge in [-0.25, -0.2) is 18.5 Å². The molecule has 3 heterocycles. The third kappa shape index (κ3) is 6.18. The first-order chi connectivity index (χ1) is 19.6. The number of benzene rings is 2. The van der Waals surface area contributed by atoms with Crippen molar-refractivity contribution in [1.29, 1.82) is 5.26 Å². The molecule has 2 aromatic heterocycles. The van der Waals surface area contributed by atoms with Gasteiger partial charge in [-0.15, -0.1) is 0 Å². The van der Waals surface area contributed by atoms with Gasteiger partial charge in [-0.1, -0.05) is 35.2 Å². The predicted molar refractivity (Wildman–Crippen MR) is 157 cm³/mol. The Labute approximate surface area is 243 Å². The van der Waals surface area contributed by atoms with Crippen LogP contribution in [-0.4, -0.2) is 31.0 Å². The molecule has 41 heavy (non-hydrogen) atoms. The molecule has 2 amide bonds. The number of furan rings is 1. The van der Waals surface area contributed by atoms with Crippen LogP contribution in [0.5, 0.6) is 0 Å². The lowest BCUT2D eigenvalue weighted by atomic mass is 9.85. The number of thioether (sulfide) groups is 1. The summed E-state index contributed by atoms with van der Waals surface area (Å²) in [5.74, 6) is -1.32. The molecule has 0 unspecified atom stereocenters. The minimum atomic E-state index is -3.89. The van der Waals surface area contributed by atoms with Gasteiger partial charge in [0, 0.05) is 11.4 Å². The molecule has 0 spiro atoms. The van der Waals surface area contributed by atoms with Gasteiger partial charge in [0.1, 0.15) is 5.76 Å². The lowest BCUT2D eigenvalue weighted by Crippen LogP contribution is -2.31. The number of nitrogens with two attached hydrogens (primary N) is 1. The number of primary sulfonamides is 1. The van der Waals surface area contributed by atoms with Crippen LogP contribution in [0.3, 0.4) is 0 Å². The zero-order chi connectivity index (χ0) is 29.1. The molecule has 2 aromatic carbocycles. The zero-order valence-corrected chi connectivity index (χ0v) is 23.8. The van der Waals surface area contributed by atoms with Crippen LogP contribution < -0.4 is 21.1 Å². The van der Waals surface area contributed by atoms with E-state index in [2.05, 4.69) is 27.0 Å². The lowest BCUT2D eigenvalue weighted by Gasteiger charge is -2.28. The Bertz CT molecular complexity index is 1820. The molecule has 0 fully saturated rings. The second-order valence-corrected chi connectivity index (χ2v) is 12.4. The number of nitrogens with one attached hydrogen (secondary N) is 3. The topological polar surface area (TPSA) is 180 Å². The third-order valence-electron chi connectivity index (χ3n) is 6.05. The van der Waals surface area contributed by atoms with Crippen molar-refractivity contribution in [3.8, 4) is 6.07 Å². The van der Waals surface area contributed by atoms with E-state index < -0.39 is 21.8 Å². The van der Waals surface area contributed by atoms with Crippen LogP contribution in [0, 0.1) is 11.3 Å². The fourth-order valence-corrected chi connectivity index (χ4v) is 6.50. The number of carbonyl (C=O) groups excluding carboxylic acids is 2. The van der Waals surface area contributed by atoms with E-state index in [9.17, 15) is 23.3 Å². The Balaban J connectivity index is 1.36. The summed E-state index contributed by atoms with van der Waals surface area (Å²) in [5.41, 5.74) is 2.01. The quantitative estimate of drug-likeness (QED) is 0.228. The number of hydrogen-bond acceptors (Lipinski definition) is 10. The van der Waals surface area contributed by atoms with Gasteiger partial charge in [0.15, 0.2) is 5.13 Å². The van der Waals surface area contributed by atoms with Crippen molar-refractivity contribution in [3.63, 3.8) is 0 Å². The van der Waals surface area contributed by atoms with Gasteiger partial charge in [0.05, 0.1) is 55.3 Å². The number of sulfonamides is 1. The molecule has 208 valence electrons. The van der Waals surface area contributed by atoms with Crippen molar-refractivity contribution >= 4 is 66.0 Å². The first-order valence-corrected chi connectivity index (χ1v) is 15.4. The van der Waals surface area contributed by atoms with E-state index in [0.717, 1.165) is 22.0 Å². The van der Waals surface area contributed by atoms with Crippen LogP contribution in [0.4, 0.5) is 10.8 Å². The number of hydrogen-bond donors (Lipinski definition) is 4. The van der Waals surface area contributed by atoms with E-state index in [-0.39, 0.29) is 27.7 Å². The van der Waals surface area contributed by atoms with Crippen LogP contribution >= 0.6 is 23.1 Å². The number of anilines is 2. The molecule has 14 heteroatoms. The molecule has 5 rings (SSSR count). The van der Waals surface area contributed by atoms with Gasteiger partial charge < -0.3 is 20.4 Å². The van der Waals surface area contributed by atoms with Gasteiger partial charge in [-0.3, -0.25) is 9.59 Å². The van der Waals surface area contributed by atoms with Gasteiger partial charge in [0.25, 0.3) is 5.91 Å². The molecule has 0 saturated carbocycles. The second-order valence-electron chi connectivity index (χ2n) is 8.81. The summed E-state index contributed by atoms with van der Waals surface area (Å²) in [4.78, 5) is 30.5. The largest absolute Gasteiger partial charge is 0.468 e. The van der Waals surface area contributed by atoms with E-state index >= 15 is 0 Å². The minimum absolute atomic E-state index is 0.0144. The number of thiazole rings is 1. The number of dihydropyridines is 1. The number of amides is 2. The fraction of sp³-hybridized carbons (Fsp3) is 0.111. The maximum absolute atomic E-state index is 13.5. The summed E-state index contributed by atoms with van der Waals surface area (Å²) in [5, 5.41) is 24.8. The Morgan fingerprint density at radius 3 is 2.56 bits per heavy atom. The molecule has 11 nitrogen and oxygen atoms in total. The molecule has 4 aromatic rings. The molecule has 0 aliphatic carbocycles. The highest BCUT2D eigenvalue weighted by atomic mass is 32.2. The van der Waals surface area contributed by atoms with Crippen molar-refractivity contribution in [2.24, 2.45) is 5.14 Å². The van der Waals surface area contributed by atoms with Crippen molar-refractivity contribution in [2.45, 2.75) is 17.7 Å². The molecular formula is C27H22N6O5S3. The molecule has 1 aliphatic rings. The number of allylic oxidation sites excluding steroid dienone is 2. The molecule has 1 aliphatic heterocycles. The summed E-state index contributed by atoms with van der Waals surface area (Å²) in [7, 11) is -3.89. The van der Waals surface area contributed by atoms with Crippen molar-refractivity contribution in [3.05, 3.63) is 94.6 Å². The highest BCUT2D eigenvalue weighted by Gasteiger charge is 2.36. The number of carbonyl (C=O) groups is 2. The lowest BCUT2D eigenvalue weighted by molar-refractivity contribution is -0.114. The van der Waals surface area contributed by atoms with Gasteiger partial charge in [-0.2, -0.15) is 5.26 Å². The zero-order valence-electron chi connectivity index (χ0n) is 21.4. The molecule has 5 N–H and O–H groups in total. The Morgan fingerprint density at radius 2 is 1.90 bits per heavy atom. The Morgan fingerprint density at radius 1 is 1.15 bits per heavy atom. The Hall–Kier alpha value is -4.42. The number of fused-ring (bicyclic) bond motifs is 1. The normalized spacial score (nSPS) is 15.4. The molecule has 1 atom stereocenters. The van der Waals surface area contributed by atoms with Gasteiger partial charge >= 0.3 is 0 Å².